The molecule has 1 heterocycles. The number of nitrogens with one attached hydrogen (secondary N) is 1. The minimum absolute atomic E-state index is 0.144. The van der Waals surface area contributed by atoms with E-state index in [9.17, 15) is 9.18 Å². The maximum atomic E-state index is 13.0. The lowest BCUT2D eigenvalue weighted by Gasteiger charge is -2.29. The molecule has 0 aliphatic carbocycles. The van der Waals surface area contributed by atoms with Gasteiger partial charge in [0.05, 0.1) is 17.5 Å². The van der Waals surface area contributed by atoms with Crippen LogP contribution in [-0.4, -0.2) is 41.1 Å². The van der Waals surface area contributed by atoms with E-state index < -0.39 is 0 Å². The second-order valence-corrected chi connectivity index (χ2v) is 6.20. The average molecular weight is 304 g/mol. The molecule has 0 aliphatic rings. The zero-order valence-corrected chi connectivity index (χ0v) is 13.1. The molecule has 0 radical (unpaired) electrons. The summed E-state index contributed by atoms with van der Waals surface area (Å²) in [5, 5.41) is 6.76. The Labute approximate surface area is 129 Å². The van der Waals surface area contributed by atoms with Gasteiger partial charge in [-0.3, -0.25) is 9.89 Å². The Kier molecular flexibility index (Phi) is 4.61. The number of aromatic nitrogens is 2. The van der Waals surface area contributed by atoms with E-state index in [0.717, 1.165) is 0 Å². The number of H-pyrrole nitrogens is 1. The third-order valence-corrected chi connectivity index (χ3v) is 3.57. The van der Waals surface area contributed by atoms with Gasteiger partial charge in [0, 0.05) is 19.2 Å². The highest BCUT2D eigenvalue weighted by atomic mass is 19.1. The number of nitrogens with zero attached hydrogens (tertiary/aromatic N) is 2. The monoisotopic (exact) mass is 304 g/mol. The van der Waals surface area contributed by atoms with Gasteiger partial charge in [0.25, 0.3) is 5.91 Å². The molecule has 22 heavy (non-hydrogen) atoms. The van der Waals surface area contributed by atoms with E-state index in [0.29, 0.717) is 29.9 Å². The number of amides is 1. The number of aromatic amines is 1. The molecule has 0 saturated carbocycles. The van der Waals surface area contributed by atoms with Gasteiger partial charge >= 0.3 is 0 Å². The van der Waals surface area contributed by atoms with Crippen LogP contribution in [0.25, 0.3) is 11.3 Å². The lowest BCUT2D eigenvalue weighted by atomic mass is 9.93. The van der Waals surface area contributed by atoms with Crippen LogP contribution < -0.4 is 5.73 Å². The fraction of sp³-hybridized carbons (Fsp3) is 0.375. The van der Waals surface area contributed by atoms with Crippen LogP contribution in [0.2, 0.25) is 0 Å². The van der Waals surface area contributed by atoms with Gasteiger partial charge in [-0.05, 0) is 36.2 Å². The smallest absolute Gasteiger partial charge is 0.257 e. The Balaban J connectivity index is 2.25. The summed E-state index contributed by atoms with van der Waals surface area (Å²) in [6.07, 6.45) is 1.49. The molecule has 0 saturated heterocycles. The van der Waals surface area contributed by atoms with Crippen molar-refractivity contribution in [3.05, 3.63) is 41.8 Å². The normalized spacial score (nSPS) is 11.5. The van der Waals surface area contributed by atoms with Crippen molar-refractivity contribution in [1.82, 2.24) is 15.1 Å². The maximum absolute atomic E-state index is 13.0. The zero-order chi connectivity index (χ0) is 16.3. The van der Waals surface area contributed by atoms with Crippen LogP contribution in [0.3, 0.4) is 0 Å². The van der Waals surface area contributed by atoms with Crippen molar-refractivity contribution >= 4 is 5.91 Å². The first-order chi connectivity index (χ1) is 10.3. The number of carbonyl (C=O) groups is 1. The van der Waals surface area contributed by atoms with E-state index in [1.807, 2.05) is 13.8 Å². The molecule has 0 unspecified atom stereocenters. The summed E-state index contributed by atoms with van der Waals surface area (Å²) in [7, 11) is 1.74. The summed E-state index contributed by atoms with van der Waals surface area (Å²) in [4.78, 5) is 14.2. The second-order valence-electron chi connectivity index (χ2n) is 6.20. The van der Waals surface area contributed by atoms with Gasteiger partial charge < -0.3 is 10.6 Å². The molecule has 6 heteroatoms. The summed E-state index contributed by atoms with van der Waals surface area (Å²) in [5.74, 6) is -0.465. The van der Waals surface area contributed by atoms with E-state index in [-0.39, 0.29) is 17.1 Å². The minimum atomic E-state index is -0.321. The quantitative estimate of drug-likeness (QED) is 0.890. The van der Waals surface area contributed by atoms with Crippen LogP contribution in [0.15, 0.2) is 30.5 Å². The molecular formula is C16H21FN4O. The topological polar surface area (TPSA) is 75.0 Å². The molecule has 1 aromatic carbocycles. The van der Waals surface area contributed by atoms with E-state index in [1.54, 1.807) is 24.1 Å². The number of carbonyl (C=O) groups excluding carboxylic acids is 1. The molecule has 1 amide bonds. The first-order valence-corrected chi connectivity index (χ1v) is 7.09. The van der Waals surface area contributed by atoms with E-state index >= 15 is 0 Å². The summed E-state index contributed by atoms with van der Waals surface area (Å²) in [6.45, 7) is 5.04. The predicted octanol–water partition coefficient (Wildman–Crippen LogP) is 2.27. The molecule has 1 aromatic heterocycles. The Morgan fingerprint density at radius 3 is 2.59 bits per heavy atom. The van der Waals surface area contributed by atoms with Crippen molar-refractivity contribution in [1.29, 1.82) is 0 Å². The fourth-order valence-corrected chi connectivity index (χ4v) is 2.27. The van der Waals surface area contributed by atoms with Gasteiger partial charge in [0.1, 0.15) is 5.82 Å². The third kappa shape index (κ3) is 3.51. The lowest BCUT2D eigenvalue weighted by molar-refractivity contribution is 0.0741. The lowest BCUT2D eigenvalue weighted by Crippen LogP contribution is -2.39. The Bertz CT molecular complexity index is 648. The van der Waals surface area contributed by atoms with Crippen molar-refractivity contribution in [2.75, 3.05) is 20.1 Å². The molecule has 0 atom stereocenters. The van der Waals surface area contributed by atoms with Gasteiger partial charge in [-0.25, -0.2) is 4.39 Å². The number of hydrogen-bond acceptors (Lipinski definition) is 3. The third-order valence-electron chi connectivity index (χ3n) is 3.57. The van der Waals surface area contributed by atoms with Crippen molar-refractivity contribution in [2.24, 2.45) is 11.1 Å². The summed E-state index contributed by atoms with van der Waals surface area (Å²) in [6, 6.07) is 5.93. The predicted molar refractivity (Wildman–Crippen MR) is 83.8 cm³/mol. The van der Waals surface area contributed by atoms with Crippen LogP contribution >= 0.6 is 0 Å². The standard InChI is InChI=1S/C16H21FN4O/c1-16(2,9-18)10-21(3)15(22)13-8-19-20-14(13)11-4-6-12(17)7-5-11/h4-8H,9-10,18H2,1-3H3,(H,19,20). The Hall–Kier alpha value is -2.21. The Morgan fingerprint density at radius 2 is 2.00 bits per heavy atom. The maximum Gasteiger partial charge on any atom is 0.257 e. The number of benzene rings is 1. The number of nitrogens with two attached hydrogens (primary N) is 1. The first kappa shape index (κ1) is 16.2. The van der Waals surface area contributed by atoms with E-state index in [1.165, 1.54) is 18.3 Å². The molecule has 2 aromatic rings. The summed E-state index contributed by atoms with van der Waals surface area (Å²) < 4.78 is 13.0. The zero-order valence-electron chi connectivity index (χ0n) is 13.1. The number of halogens is 1. The van der Waals surface area contributed by atoms with Crippen molar-refractivity contribution in [2.45, 2.75) is 13.8 Å². The summed E-state index contributed by atoms with van der Waals surface area (Å²) in [5.41, 5.74) is 7.32. The largest absolute Gasteiger partial charge is 0.341 e. The highest BCUT2D eigenvalue weighted by molar-refractivity contribution is 5.99. The average Bonchev–Trinajstić information content (AvgIpc) is 2.96. The fourth-order valence-electron chi connectivity index (χ4n) is 2.27. The van der Waals surface area contributed by atoms with Gasteiger partial charge in [0.2, 0.25) is 0 Å². The second kappa shape index (κ2) is 6.27. The highest BCUT2D eigenvalue weighted by Crippen LogP contribution is 2.23. The molecule has 5 nitrogen and oxygen atoms in total. The van der Waals surface area contributed by atoms with Gasteiger partial charge in [-0.2, -0.15) is 5.10 Å². The molecule has 0 spiro atoms. The molecule has 3 N–H and O–H groups in total. The molecule has 2 rings (SSSR count). The van der Waals surface area contributed by atoms with Crippen LogP contribution in [-0.2, 0) is 0 Å². The van der Waals surface area contributed by atoms with E-state index in [4.69, 9.17) is 5.73 Å². The van der Waals surface area contributed by atoms with Crippen molar-refractivity contribution in [3.8, 4) is 11.3 Å². The van der Waals surface area contributed by atoms with Crippen LogP contribution in [0.4, 0.5) is 4.39 Å². The summed E-state index contributed by atoms with van der Waals surface area (Å²) >= 11 is 0. The van der Waals surface area contributed by atoms with Gasteiger partial charge in [-0.15, -0.1) is 0 Å². The van der Waals surface area contributed by atoms with Crippen molar-refractivity contribution < 1.29 is 9.18 Å². The van der Waals surface area contributed by atoms with E-state index in [2.05, 4.69) is 10.2 Å². The molecule has 0 bridgehead atoms. The SMILES string of the molecule is CN(CC(C)(C)CN)C(=O)c1cn[nH]c1-c1ccc(F)cc1. The van der Waals surface area contributed by atoms with Gasteiger partial charge in [-0.1, -0.05) is 13.8 Å². The number of hydrogen-bond donors (Lipinski definition) is 2. The van der Waals surface area contributed by atoms with Crippen LogP contribution in [0.1, 0.15) is 24.2 Å². The van der Waals surface area contributed by atoms with Crippen molar-refractivity contribution in [3.63, 3.8) is 0 Å². The molecule has 0 fully saturated rings. The highest BCUT2D eigenvalue weighted by Gasteiger charge is 2.24. The molecular weight excluding hydrogens is 283 g/mol. The first-order valence-electron chi connectivity index (χ1n) is 7.09. The molecule has 0 aliphatic heterocycles. The number of rotatable bonds is 5. The minimum Gasteiger partial charge on any atom is -0.341 e. The molecule has 118 valence electrons. The van der Waals surface area contributed by atoms with Crippen LogP contribution in [0.5, 0.6) is 0 Å². The van der Waals surface area contributed by atoms with Gasteiger partial charge in [0.15, 0.2) is 0 Å². The van der Waals surface area contributed by atoms with Crippen LogP contribution in [0, 0.1) is 11.2 Å². The Morgan fingerprint density at radius 1 is 1.36 bits per heavy atom.